The molecule has 3 aromatic rings. The number of aryl methyl sites for hydroxylation is 1. The van der Waals surface area contributed by atoms with Crippen molar-refractivity contribution in [2.75, 3.05) is 33.9 Å². The first-order valence-corrected chi connectivity index (χ1v) is 11.5. The van der Waals surface area contributed by atoms with E-state index in [0.717, 1.165) is 17.7 Å². The summed E-state index contributed by atoms with van der Waals surface area (Å²) < 4.78 is 42.6. The number of amides is 2. The van der Waals surface area contributed by atoms with E-state index in [-0.39, 0.29) is 29.8 Å². The molecule has 2 amide bonds. The lowest BCUT2D eigenvalue weighted by atomic mass is 10.0. The first-order valence-electron chi connectivity index (χ1n) is 11.5. The first-order chi connectivity index (χ1) is 16.8. The van der Waals surface area contributed by atoms with Crippen LogP contribution in [0.1, 0.15) is 35.5 Å². The molecular formula is C25H30F2N4O4. The second kappa shape index (κ2) is 11.3. The Morgan fingerprint density at radius 2 is 1.91 bits per heavy atom. The standard InChI is InChI=1S/C23H24F2N4O4.C2H6/c1-13-4-5-29-18(11-15-12-28(6-7-33-15)23(31)32-3)21(27-19(29)8-13)20-16(24)9-14(10-17(20)25)22(30)26-2;1-2/h4-5,8-10,15H,6-7,11-12H2,1-3H3,(H,26,30);1-2H3. The molecule has 0 spiro atoms. The third kappa shape index (κ3) is 5.43. The van der Waals surface area contributed by atoms with Gasteiger partial charge in [0, 0.05) is 31.8 Å². The molecule has 188 valence electrons. The predicted molar refractivity (Wildman–Crippen MR) is 127 cm³/mol. The number of imidazole rings is 1. The summed E-state index contributed by atoms with van der Waals surface area (Å²) in [6, 6.07) is 5.66. The van der Waals surface area contributed by atoms with Gasteiger partial charge in [-0.15, -0.1) is 0 Å². The molecule has 4 rings (SSSR count). The largest absolute Gasteiger partial charge is 0.453 e. The van der Waals surface area contributed by atoms with Crippen molar-refractivity contribution in [1.29, 1.82) is 0 Å². The van der Waals surface area contributed by atoms with E-state index in [1.54, 1.807) is 10.6 Å². The molecule has 1 N–H and O–H groups in total. The lowest BCUT2D eigenvalue weighted by Gasteiger charge is -2.32. The predicted octanol–water partition coefficient (Wildman–Crippen LogP) is 3.98. The molecule has 1 saturated heterocycles. The van der Waals surface area contributed by atoms with Gasteiger partial charge in [0.05, 0.1) is 43.3 Å². The van der Waals surface area contributed by atoms with E-state index in [1.807, 2.05) is 32.9 Å². The summed E-state index contributed by atoms with van der Waals surface area (Å²) in [5.74, 6) is -2.38. The average Bonchev–Trinajstić information content (AvgIpc) is 3.20. The number of nitrogens with one attached hydrogen (secondary N) is 1. The molecule has 0 saturated carbocycles. The normalized spacial score (nSPS) is 15.4. The van der Waals surface area contributed by atoms with Gasteiger partial charge in [-0.05, 0) is 36.8 Å². The van der Waals surface area contributed by atoms with Crippen molar-refractivity contribution in [3.63, 3.8) is 0 Å². The number of hydrogen-bond donors (Lipinski definition) is 1. The van der Waals surface area contributed by atoms with Gasteiger partial charge in [-0.1, -0.05) is 13.8 Å². The van der Waals surface area contributed by atoms with Crippen LogP contribution in [0.25, 0.3) is 16.9 Å². The molecule has 0 aliphatic carbocycles. The van der Waals surface area contributed by atoms with Crippen LogP contribution in [0.2, 0.25) is 0 Å². The zero-order valence-electron chi connectivity index (χ0n) is 20.5. The summed E-state index contributed by atoms with van der Waals surface area (Å²) in [4.78, 5) is 29.9. The Balaban J connectivity index is 0.00000167. The molecule has 0 bridgehead atoms. The Hall–Kier alpha value is -3.53. The number of benzene rings is 1. The number of carbonyl (C=O) groups is 2. The third-order valence-electron chi connectivity index (χ3n) is 5.64. The highest BCUT2D eigenvalue weighted by Gasteiger charge is 2.29. The van der Waals surface area contributed by atoms with Crippen LogP contribution in [0.4, 0.5) is 13.6 Å². The molecule has 0 radical (unpaired) electrons. The number of nitrogens with zero attached hydrogens (tertiary/aromatic N) is 3. The molecule has 35 heavy (non-hydrogen) atoms. The van der Waals surface area contributed by atoms with Gasteiger partial charge in [0.25, 0.3) is 5.91 Å². The highest BCUT2D eigenvalue weighted by molar-refractivity contribution is 5.94. The lowest BCUT2D eigenvalue weighted by molar-refractivity contribution is -0.0241. The number of ether oxygens (including phenoxy) is 2. The van der Waals surface area contributed by atoms with Gasteiger partial charge in [0.2, 0.25) is 0 Å². The smallest absolute Gasteiger partial charge is 0.409 e. The van der Waals surface area contributed by atoms with Crippen LogP contribution in [0, 0.1) is 18.6 Å². The van der Waals surface area contributed by atoms with E-state index in [4.69, 9.17) is 9.47 Å². The summed E-state index contributed by atoms with van der Waals surface area (Å²) in [5, 5.41) is 2.36. The molecule has 1 aliphatic rings. The molecule has 10 heteroatoms. The molecule has 2 aromatic heterocycles. The summed E-state index contributed by atoms with van der Waals surface area (Å²) >= 11 is 0. The fraction of sp³-hybridized carbons (Fsp3) is 0.400. The van der Waals surface area contributed by atoms with Crippen LogP contribution in [-0.4, -0.2) is 66.2 Å². The zero-order valence-corrected chi connectivity index (χ0v) is 20.5. The SMILES string of the molecule is CC.CNC(=O)c1cc(F)c(-c2nc3cc(C)ccn3c2CC2CN(C(=O)OC)CCO2)c(F)c1. The van der Waals surface area contributed by atoms with Crippen LogP contribution in [0.3, 0.4) is 0 Å². The highest BCUT2D eigenvalue weighted by atomic mass is 19.1. The van der Waals surface area contributed by atoms with Gasteiger partial charge >= 0.3 is 6.09 Å². The Morgan fingerprint density at radius 1 is 1.23 bits per heavy atom. The number of hydrogen-bond acceptors (Lipinski definition) is 5. The maximum atomic E-state index is 15.1. The minimum absolute atomic E-state index is 0.123. The van der Waals surface area contributed by atoms with Gasteiger partial charge in [-0.2, -0.15) is 0 Å². The first kappa shape index (κ1) is 26.1. The Bertz CT molecular complexity index is 1200. The molecule has 1 atom stereocenters. The summed E-state index contributed by atoms with van der Waals surface area (Å²) in [6.07, 6.45) is 1.16. The van der Waals surface area contributed by atoms with Gasteiger partial charge in [0.15, 0.2) is 0 Å². The van der Waals surface area contributed by atoms with Gasteiger partial charge in [0.1, 0.15) is 17.3 Å². The molecule has 1 aromatic carbocycles. The van der Waals surface area contributed by atoms with Crippen molar-refractivity contribution in [3.8, 4) is 11.3 Å². The van der Waals surface area contributed by atoms with Gasteiger partial charge in [-0.3, -0.25) is 4.79 Å². The summed E-state index contributed by atoms with van der Waals surface area (Å²) in [7, 11) is 2.70. The van der Waals surface area contributed by atoms with Crippen LogP contribution in [0.15, 0.2) is 30.5 Å². The fourth-order valence-corrected chi connectivity index (χ4v) is 4.02. The third-order valence-corrected chi connectivity index (χ3v) is 5.64. The molecule has 1 unspecified atom stereocenters. The van der Waals surface area contributed by atoms with Crippen molar-refractivity contribution in [2.45, 2.75) is 33.3 Å². The quantitative estimate of drug-likeness (QED) is 0.601. The summed E-state index contributed by atoms with van der Waals surface area (Å²) in [6.45, 7) is 6.87. The number of aromatic nitrogens is 2. The second-order valence-electron chi connectivity index (χ2n) is 7.85. The number of pyridine rings is 1. The average molecular weight is 489 g/mol. The fourth-order valence-electron chi connectivity index (χ4n) is 4.02. The van der Waals surface area contributed by atoms with E-state index in [9.17, 15) is 9.59 Å². The number of morpholine rings is 1. The van der Waals surface area contributed by atoms with E-state index >= 15 is 8.78 Å². The monoisotopic (exact) mass is 488 g/mol. The summed E-state index contributed by atoms with van der Waals surface area (Å²) in [5.41, 5.74) is 1.67. The van der Waals surface area contributed by atoms with Crippen LogP contribution >= 0.6 is 0 Å². The highest BCUT2D eigenvalue weighted by Crippen LogP contribution is 2.32. The van der Waals surface area contributed by atoms with E-state index < -0.39 is 29.7 Å². The molecule has 1 aliphatic heterocycles. The molecule has 8 nitrogen and oxygen atoms in total. The zero-order chi connectivity index (χ0) is 25.7. The number of methoxy groups -OCH3 is 1. The van der Waals surface area contributed by atoms with Gasteiger partial charge < -0.3 is 24.1 Å². The van der Waals surface area contributed by atoms with Crippen molar-refractivity contribution in [2.24, 2.45) is 0 Å². The van der Waals surface area contributed by atoms with Crippen molar-refractivity contribution < 1.29 is 27.8 Å². The molecule has 1 fully saturated rings. The Morgan fingerprint density at radius 3 is 2.54 bits per heavy atom. The number of halogens is 2. The van der Waals surface area contributed by atoms with Crippen LogP contribution in [-0.2, 0) is 15.9 Å². The van der Waals surface area contributed by atoms with Crippen molar-refractivity contribution >= 4 is 17.6 Å². The van der Waals surface area contributed by atoms with Crippen molar-refractivity contribution in [3.05, 3.63) is 58.9 Å². The Kier molecular flexibility index (Phi) is 8.39. The van der Waals surface area contributed by atoms with Crippen LogP contribution < -0.4 is 5.32 Å². The van der Waals surface area contributed by atoms with E-state index in [0.29, 0.717) is 24.5 Å². The van der Waals surface area contributed by atoms with Crippen molar-refractivity contribution in [1.82, 2.24) is 19.6 Å². The number of carbonyl (C=O) groups excluding carboxylic acids is 2. The molecule has 3 heterocycles. The lowest BCUT2D eigenvalue weighted by Crippen LogP contribution is -2.46. The number of rotatable bonds is 4. The Labute approximate surface area is 202 Å². The second-order valence-corrected chi connectivity index (χ2v) is 7.85. The molecular weight excluding hydrogens is 458 g/mol. The van der Waals surface area contributed by atoms with E-state index in [1.165, 1.54) is 19.1 Å². The number of fused-ring (bicyclic) bond motifs is 1. The maximum absolute atomic E-state index is 15.1. The van der Waals surface area contributed by atoms with Crippen LogP contribution in [0.5, 0.6) is 0 Å². The van der Waals surface area contributed by atoms with Gasteiger partial charge in [-0.25, -0.2) is 18.6 Å². The minimum atomic E-state index is -0.893. The minimum Gasteiger partial charge on any atom is -0.453 e. The maximum Gasteiger partial charge on any atom is 0.409 e. The topological polar surface area (TPSA) is 85.2 Å². The van der Waals surface area contributed by atoms with E-state index in [2.05, 4.69) is 10.3 Å².